The van der Waals surface area contributed by atoms with Crippen molar-refractivity contribution in [1.29, 1.82) is 0 Å². The number of Topliss-reactive ketones (excluding diaryl/α,β-unsaturated/α-hetero) is 1. The number of nitrogens with one attached hydrogen (secondary N) is 2. The number of thioether (sulfide) groups is 1. The van der Waals surface area contributed by atoms with E-state index in [-0.39, 0.29) is 24.0 Å². The highest BCUT2D eigenvalue weighted by Gasteiger charge is 2.18. The molecule has 1 aliphatic heterocycles. The van der Waals surface area contributed by atoms with E-state index in [1.807, 2.05) is 36.4 Å². The summed E-state index contributed by atoms with van der Waals surface area (Å²) in [5.41, 5.74) is 2.32. The minimum absolute atomic E-state index is 0.0550. The van der Waals surface area contributed by atoms with Gasteiger partial charge >= 0.3 is 0 Å². The number of halogens is 1. The molecule has 200 valence electrons. The molecule has 0 spiro atoms. The van der Waals surface area contributed by atoms with Crippen LogP contribution in [0.2, 0.25) is 0 Å². The lowest BCUT2D eigenvalue weighted by Crippen LogP contribution is -2.30. The van der Waals surface area contributed by atoms with Gasteiger partial charge in [-0.05, 0) is 72.3 Å². The molecule has 9 heteroatoms. The number of ketones is 1. The molecule has 0 radical (unpaired) electrons. The molecule has 1 heterocycles. The molecule has 1 aliphatic rings. The lowest BCUT2D eigenvalue weighted by atomic mass is 10.1. The number of hydrogen-bond donors (Lipinski definition) is 2. The predicted molar refractivity (Wildman–Crippen MR) is 159 cm³/mol. The van der Waals surface area contributed by atoms with Gasteiger partial charge in [0.05, 0.1) is 5.75 Å². The maximum absolute atomic E-state index is 13.3. The monoisotopic (exact) mass is 614 g/mol. The van der Waals surface area contributed by atoms with E-state index in [4.69, 9.17) is 9.47 Å². The van der Waals surface area contributed by atoms with Crippen molar-refractivity contribution in [2.75, 3.05) is 17.9 Å². The van der Waals surface area contributed by atoms with E-state index in [9.17, 15) is 14.4 Å². The third kappa shape index (κ3) is 6.99. The van der Waals surface area contributed by atoms with Crippen molar-refractivity contribution in [3.8, 4) is 11.5 Å². The largest absolute Gasteiger partial charge is 0.454 e. The van der Waals surface area contributed by atoms with E-state index in [2.05, 4.69) is 26.6 Å². The molecule has 0 saturated carbocycles. The van der Waals surface area contributed by atoms with Crippen LogP contribution in [0, 0.1) is 0 Å². The molecule has 2 N–H and O–H groups in total. The van der Waals surface area contributed by atoms with Gasteiger partial charge in [-0.25, -0.2) is 0 Å². The molecule has 4 aromatic carbocycles. The second-order valence-corrected chi connectivity index (χ2v) is 10.7. The number of rotatable bonds is 9. The number of carbonyl (C=O) groups is 3. The summed E-state index contributed by atoms with van der Waals surface area (Å²) in [6.07, 6.45) is 1.61. The molecule has 4 aromatic rings. The number of anilines is 1. The van der Waals surface area contributed by atoms with Crippen LogP contribution in [0.5, 0.6) is 11.5 Å². The Hall–Kier alpha value is -4.34. The van der Waals surface area contributed by atoms with E-state index in [0.717, 1.165) is 14.9 Å². The predicted octanol–water partition coefficient (Wildman–Crippen LogP) is 6.56. The third-order valence-electron chi connectivity index (χ3n) is 5.84. The summed E-state index contributed by atoms with van der Waals surface area (Å²) >= 11 is 4.79. The van der Waals surface area contributed by atoms with Crippen molar-refractivity contribution in [2.24, 2.45) is 0 Å². The Morgan fingerprint density at radius 1 is 0.825 bits per heavy atom. The highest BCUT2D eigenvalue weighted by Crippen LogP contribution is 2.33. The molecule has 0 aliphatic carbocycles. The van der Waals surface area contributed by atoms with Crippen LogP contribution in [0.1, 0.15) is 26.3 Å². The zero-order valence-electron chi connectivity index (χ0n) is 21.1. The number of amides is 2. The fourth-order valence-electron chi connectivity index (χ4n) is 3.87. The molecule has 0 fully saturated rings. The summed E-state index contributed by atoms with van der Waals surface area (Å²) in [5, 5.41) is 5.60. The van der Waals surface area contributed by atoms with Crippen LogP contribution in [0.25, 0.3) is 6.08 Å². The fraction of sp³-hybridized carbons (Fsp3) is 0.0645. The first-order chi connectivity index (χ1) is 19.4. The summed E-state index contributed by atoms with van der Waals surface area (Å²) in [6, 6.07) is 28.4. The van der Waals surface area contributed by atoms with Crippen LogP contribution in [0.15, 0.2) is 112 Å². The van der Waals surface area contributed by atoms with Gasteiger partial charge in [0.25, 0.3) is 11.8 Å². The van der Waals surface area contributed by atoms with E-state index < -0.39 is 11.8 Å². The van der Waals surface area contributed by atoms with Crippen LogP contribution in [-0.2, 0) is 4.79 Å². The molecule has 0 unspecified atom stereocenters. The first-order valence-electron chi connectivity index (χ1n) is 12.3. The van der Waals surface area contributed by atoms with E-state index >= 15 is 0 Å². The van der Waals surface area contributed by atoms with Gasteiger partial charge in [0.1, 0.15) is 5.70 Å². The second-order valence-electron chi connectivity index (χ2n) is 8.70. The Morgan fingerprint density at radius 3 is 2.45 bits per heavy atom. The third-order valence-corrected chi connectivity index (χ3v) is 7.33. The van der Waals surface area contributed by atoms with Crippen molar-refractivity contribution in [3.05, 3.63) is 124 Å². The molecule has 5 rings (SSSR count). The Morgan fingerprint density at radius 2 is 1.62 bits per heavy atom. The normalized spacial score (nSPS) is 12.1. The van der Waals surface area contributed by atoms with Gasteiger partial charge in [0.15, 0.2) is 17.3 Å². The SMILES string of the molecule is O=C(Nc1cccc(SCC(=O)c2ccc3c(c2)OCO3)c1)/C(=C/c1cccc(Br)c1)NC(=O)c1ccccc1. The summed E-state index contributed by atoms with van der Waals surface area (Å²) in [4.78, 5) is 39.7. The van der Waals surface area contributed by atoms with E-state index in [1.165, 1.54) is 11.8 Å². The number of carbonyl (C=O) groups excluding carboxylic acids is 3. The van der Waals surface area contributed by atoms with Crippen molar-refractivity contribution in [1.82, 2.24) is 5.32 Å². The highest BCUT2D eigenvalue weighted by molar-refractivity contribution is 9.10. The topological polar surface area (TPSA) is 93.7 Å². The maximum Gasteiger partial charge on any atom is 0.272 e. The summed E-state index contributed by atoms with van der Waals surface area (Å²) < 4.78 is 11.5. The van der Waals surface area contributed by atoms with Crippen molar-refractivity contribution < 1.29 is 23.9 Å². The Balaban J connectivity index is 1.28. The minimum atomic E-state index is -0.483. The molecule has 2 amide bonds. The Bertz CT molecular complexity index is 1610. The van der Waals surface area contributed by atoms with Crippen molar-refractivity contribution in [2.45, 2.75) is 4.90 Å². The average Bonchev–Trinajstić information content (AvgIpc) is 3.44. The minimum Gasteiger partial charge on any atom is -0.454 e. The molecule has 0 aromatic heterocycles. The number of fused-ring (bicyclic) bond motifs is 1. The van der Waals surface area contributed by atoms with Gasteiger partial charge in [-0.15, -0.1) is 11.8 Å². The quantitative estimate of drug-likeness (QED) is 0.126. The van der Waals surface area contributed by atoms with Gasteiger partial charge < -0.3 is 20.1 Å². The average molecular weight is 616 g/mol. The zero-order valence-corrected chi connectivity index (χ0v) is 23.5. The number of hydrogen-bond acceptors (Lipinski definition) is 6. The summed E-state index contributed by atoms with van der Waals surface area (Å²) in [7, 11) is 0. The van der Waals surface area contributed by atoms with Crippen molar-refractivity contribution >= 4 is 57.1 Å². The molecule has 40 heavy (non-hydrogen) atoms. The standard InChI is InChI=1S/C31H23BrN2O5S/c32-23-9-4-6-20(14-23)15-26(34-30(36)21-7-2-1-3-8-21)31(37)33-24-10-5-11-25(17-24)40-18-27(35)22-12-13-28-29(16-22)39-19-38-28/h1-17H,18-19H2,(H,33,37)(H,34,36)/b26-15-. The summed E-state index contributed by atoms with van der Waals surface area (Å²) in [6.45, 7) is 0.149. The van der Waals surface area contributed by atoms with E-state index in [1.54, 1.807) is 66.7 Å². The van der Waals surface area contributed by atoms with Gasteiger partial charge in [-0.2, -0.15) is 0 Å². The van der Waals surface area contributed by atoms with Crippen LogP contribution in [0.4, 0.5) is 5.69 Å². The number of ether oxygens (including phenoxy) is 2. The van der Waals surface area contributed by atoms with Gasteiger partial charge in [-0.1, -0.05) is 52.3 Å². The molecule has 0 bridgehead atoms. The molecule has 0 atom stereocenters. The molecular weight excluding hydrogens is 592 g/mol. The lowest BCUT2D eigenvalue weighted by molar-refractivity contribution is -0.113. The number of benzene rings is 4. The van der Waals surface area contributed by atoms with Crippen LogP contribution < -0.4 is 20.1 Å². The zero-order chi connectivity index (χ0) is 27.9. The fourth-order valence-corrected chi connectivity index (χ4v) is 5.14. The van der Waals surface area contributed by atoms with Crippen LogP contribution in [-0.4, -0.2) is 30.1 Å². The van der Waals surface area contributed by atoms with E-state index in [0.29, 0.717) is 28.3 Å². The maximum atomic E-state index is 13.3. The van der Waals surface area contributed by atoms with Gasteiger partial charge in [0.2, 0.25) is 6.79 Å². The van der Waals surface area contributed by atoms with Gasteiger partial charge in [-0.3, -0.25) is 14.4 Å². The molecule has 0 saturated heterocycles. The lowest BCUT2D eigenvalue weighted by Gasteiger charge is -2.12. The Labute approximate surface area is 243 Å². The second kappa shape index (κ2) is 12.7. The van der Waals surface area contributed by atoms with Crippen LogP contribution >= 0.6 is 27.7 Å². The molecule has 7 nitrogen and oxygen atoms in total. The van der Waals surface area contributed by atoms with Crippen LogP contribution in [0.3, 0.4) is 0 Å². The van der Waals surface area contributed by atoms with Gasteiger partial charge in [0, 0.05) is 26.2 Å². The highest BCUT2D eigenvalue weighted by atomic mass is 79.9. The molecular formula is C31H23BrN2O5S. The first-order valence-corrected chi connectivity index (χ1v) is 14.0. The smallest absolute Gasteiger partial charge is 0.272 e. The van der Waals surface area contributed by atoms with Crippen molar-refractivity contribution in [3.63, 3.8) is 0 Å². The Kier molecular flexibility index (Phi) is 8.63. The summed E-state index contributed by atoms with van der Waals surface area (Å²) in [5.74, 6) is 0.456. The first kappa shape index (κ1) is 27.2.